The van der Waals surface area contributed by atoms with E-state index >= 15 is 0 Å². The molecule has 1 N–H and O–H groups in total. The van der Waals surface area contributed by atoms with Crippen molar-refractivity contribution in [2.24, 2.45) is 0 Å². The maximum absolute atomic E-state index is 5.89. The third-order valence-electron chi connectivity index (χ3n) is 3.84. The number of hydrogen-bond acceptors (Lipinski definition) is 4. The Kier molecular flexibility index (Phi) is 3.68. The summed E-state index contributed by atoms with van der Waals surface area (Å²) in [4.78, 5) is 6.20. The molecule has 1 saturated heterocycles. The Morgan fingerprint density at radius 2 is 2.28 bits per heavy atom. The first kappa shape index (κ1) is 12.6. The zero-order valence-corrected chi connectivity index (χ0v) is 12.1. The molecule has 2 aliphatic rings. The van der Waals surface area contributed by atoms with Gasteiger partial charge in [0.25, 0.3) is 0 Å². The van der Waals surface area contributed by atoms with E-state index in [1.165, 1.54) is 41.3 Å². The van der Waals surface area contributed by atoms with Crippen LogP contribution in [0.15, 0.2) is 0 Å². The van der Waals surface area contributed by atoms with E-state index in [0.29, 0.717) is 18.2 Å². The van der Waals surface area contributed by atoms with E-state index < -0.39 is 0 Å². The summed E-state index contributed by atoms with van der Waals surface area (Å²) in [6.07, 6.45) is 6.36. The highest BCUT2D eigenvalue weighted by Crippen LogP contribution is 2.34. The highest BCUT2D eigenvalue weighted by Gasteiger charge is 2.34. The monoisotopic (exact) mass is 266 g/mol. The van der Waals surface area contributed by atoms with Gasteiger partial charge in [-0.2, -0.15) is 0 Å². The van der Waals surface area contributed by atoms with Crippen LogP contribution in [0.3, 0.4) is 0 Å². The Morgan fingerprint density at radius 3 is 2.83 bits per heavy atom. The molecule has 1 aromatic rings. The zero-order valence-electron chi connectivity index (χ0n) is 11.2. The van der Waals surface area contributed by atoms with Crippen LogP contribution in [0, 0.1) is 6.92 Å². The summed E-state index contributed by atoms with van der Waals surface area (Å²) in [7, 11) is 0. The minimum absolute atomic E-state index is 0.323. The molecule has 2 heterocycles. The maximum Gasteiger partial charge on any atom is 0.113 e. The molecule has 3 nitrogen and oxygen atoms in total. The lowest BCUT2D eigenvalue weighted by atomic mass is 10.1. The summed E-state index contributed by atoms with van der Waals surface area (Å²) in [6, 6.07) is 1.03. The second-order valence-electron chi connectivity index (χ2n) is 5.38. The van der Waals surface area contributed by atoms with Gasteiger partial charge in [0.15, 0.2) is 0 Å². The predicted octanol–water partition coefficient (Wildman–Crippen LogP) is 2.99. The average Bonchev–Trinajstić information content (AvgIpc) is 2.90. The first-order valence-electron chi connectivity index (χ1n) is 7.11. The Morgan fingerprint density at radius 1 is 1.44 bits per heavy atom. The molecule has 0 spiro atoms. The van der Waals surface area contributed by atoms with Crippen LogP contribution < -0.4 is 5.32 Å². The molecule has 0 amide bonds. The first-order valence-corrected chi connectivity index (χ1v) is 7.93. The highest BCUT2D eigenvalue weighted by atomic mass is 32.1. The smallest absolute Gasteiger partial charge is 0.113 e. The second-order valence-corrected chi connectivity index (χ2v) is 6.61. The summed E-state index contributed by atoms with van der Waals surface area (Å²) in [5, 5.41) is 4.98. The molecule has 1 aliphatic heterocycles. The molecule has 4 heteroatoms. The van der Waals surface area contributed by atoms with Gasteiger partial charge in [-0.25, -0.2) is 4.98 Å². The number of aryl methyl sites for hydroxylation is 2. The van der Waals surface area contributed by atoms with Crippen molar-refractivity contribution in [1.82, 2.24) is 10.3 Å². The number of aromatic nitrogens is 1. The molecule has 1 aliphatic carbocycles. The highest BCUT2D eigenvalue weighted by molar-refractivity contribution is 7.11. The van der Waals surface area contributed by atoms with E-state index in [9.17, 15) is 0 Å². The van der Waals surface area contributed by atoms with Crippen molar-refractivity contribution < 1.29 is 4.74 Å². The number of hydrogen-bond donors (Lipinski definition) is 1. The molecule has 18 heavy (non-hydrogen) atoms. The molecule has 3 rings (SSSR count). The van der Waals surface area contributed by atoms with Gasteiger partial charge in [0.1, 0.15) is 5.01 Å². The Bertz CT molecular complexity index is 408. The Hall–Kier alpha value is -0.450. The lowest BCUT2D eigenvalue weighted by Gasteiger charge is -2.22. The maximum atomic E-state index is 5.89. The van der Waals surface area contributed by atoms with Crippen LogP contribution in [0.1, 0.15) is 54.2 Å². The summed E-state index contributed by atoms with van der Waals surface area (Å²) in [5.41, 5.74) is 1.26. The molecule has 2 atom stereocenters. The fraction of sp³-hybridized carbons (Fsp3) is 0.786. The molecule has 0 aromatic carbocycles. The number of rotatable bonds is 5. The predicted molar refractivity (Wildman–Crippen MR) is 74.1 cm³/mol. The van der Waals surface area contributed by atoms with Crippen molar-refractivity contribution in [3.05, 3.63) is 15.6 Å². The third-order valence-corrected chi connectivity index (χ3v) is 4.94. The Balaban J connectivity index is 1.80. The van der Waals surface area contributed by atoms with E-state index in [4.69, 9.17) is 9.72 Å². The molecule has 1 saturated carbocycles. The summed E-state index contributed by atoms with van der Waals surface area (Å²) < 4.78 is 5.89. The summed E-state index contributed by atoms with van der Waals surface area (Å²) in [5.74, 6) is 0. The number of ether oxygens (including phenoxy) is 1. The molecule has 2 fully saturated rings. The molecule has 0 radical (unpaired) electrons. The number of nitrogens with zero attached hydrogens (tertiary/aromatic N) is 1. The fourth-order valence-corrected chi connectivity index (χ4v) is 3.74. The van der Waals surface area contributed by atoms with E-state index in [0.717, 1.165) is 13.0 Å². The van der Waals surface area contributed by atoms with Crippen molar-refractivity contribution in [1.29, 1.82) is 0 Å². The van der Waals surface area contributed by atoms with Gasteiger partial charge in [0.05, 0.1) is 17.8 Å². The second kappa shape index (κ2) is 5.27. The minimum atomic E-state index is 0.323. The van der Waals surface area contributed by atoms with Gasteiger partial charge in [-0.15, -0.1) is 11.3 Å². The summed E-state index contributed by atoms with van der Waals surface area (Å²) >= 11 is 1.85. The van der Waals surface area contributed by atoms with E-state index in [2.05, 4.69) is 19.2 Å². The van der Waals surface area contributed by atoms with E-state index in [1.807, 2.05) is 11.3 Å². The van der Waals surface area contributed by atoms with Gasteiger partial charge in [0.2, 0.25) is 0 Å². The van der Waals surface area contributed by atoms with Crippen molar-refractivity contribution in [2.75, 3.05) is 6.61 Å². The van der Waals surface area contributed by atoms with Crippen LogP contribution >= 0.6 is 11.3 Å². The summed E-state index contributed by atoms with van der Waals surface area (Å²) in [6.45, 7) is 5.28. The molecular weight excluding hydrogens is 244 g/mol. The topological polar surface area (TPSA) is 34.2 Å². The standard InChI is InChI=1S/C14H22N2OS/c1-3-11-9(2)18-14(16-11)13(15-10-6-7-10)12-5-4-8-17-12/h10,12-13,15H,3-8H2,1-2H3. The lowest BCUT2D eigenvalue weighted by molar-refractivity contribution is 0.0774. The van der Waals surface area contributed by atoms with Gasteiger partial charge < -0.3 is 10.1 Å². The van der Waals surface area contributed by atoms with Crippen LogP contribution in [0.4, 0.5) is 0 Å². The number of thiazole rings is 1. The molecule has 2 unspecified atom stereocenters. The van der Waals surface area contributed by atoms with Crippen LogP contribution in [0.5, 0.6) is 0 Å². The van der Waals surface area contributed by atoms with E-state index in [1.54, 1.807) is 0 Å². The molecule has 100 valence electrons. The van der Waals surface area contributed by atoms with Crippen LogP contribution in [0.2, 0.25) is 0 Å². The van der Waals surface area contributed by atoms with Gasteiger partial charge >= 0.3 is 0 Å². The van der Waals surface area contributed by atoms with Crippen LogP contribution in [-0.2, 0) is 11.2 Å². The quantitative estimate of drug-likeness (QED) is 0.889. The molecule has 1 aromatic heterocycles. The minimum Gasteiger partial charge on any atom is -0.376 e. The van der Waals surface area contributed by atoms with Crippen molar-refractivity contribution in [2.45, 2.75) is 64.1 Å². The van der Waals surface area contributed by atoms with Crippen LogP contribution in [0.25, 0.3) is 0 Å². The normalized spacial score (nSPS) is 25.6. The van der Waals surface area contributed by atoms with Crippen molar-refractivity contribution in [3.8, 4) is 0 Å². The SMILES string of the molecule is CCc1nc(C(NC2CC2)C2CCCO2)sc1C. The van der Waals surface area contributed by atoms with E-state index in [-0.39, 0.29) is 0 Å². The average molecular weight is 266 g/mol. The van der Waals surface area contributed by atoms with Gasteiger partial charge in [-0.1, -0.05) is 6.92 Å². The largest absolute Gasteiger partial charge is 0.376 e. The fourth-order valence-electron chi connectivity index (χ4n) is 2.62. The number of nitrogens with one attached hydrogen (secondary N) is 1. The Labute approximate surface area is 113 Å². The molecule has 0 bridgehead atoms. The van der Waals surface area contributed by atoms with Crippen LogP contribution in [-0.4, -0.2) is 23.7 Å². The lowest BCUT2D eigenvalue weighted by Crippen LogP contribution is -2.33. The van der Waals surface area contributed by atoms with Gasteiger partial charge in [-0.05, 0) is 39.0 Å². The first-order chi connectivity index (χ1) is 8.78. The zero-order chi connectivity index (χ0) is 12.5. The van der Waals surface area contributed by atoms with Gasteiger partial charge in [-0.3, -0.25) is 0 Å². The van der Waals surface area contributed by atoms with Gasteiger partial charge in [0, 0.05) is 17.5 Å². The van der Waals surface area contributed by atoms with Crippen molar-refractivity contribution >= 4 is 11.3 Å². The third kappa shape index (κ3) is 2.60. The van der Waals surface area contributed by atoms with Crippen molar-refractivity contribution in [3.63, 3.8) is 0 Å². The molecular formula is C14H22N2OS.